The van der Waals surface area contributed by atoms with Crippen molar-refractivity contribution in [3.8, 4) is 0 Å². The fourth-order valence-corrected chi connectivity index (χ4v) is 0.944. The smallest absolute Gasteiger partial charge is 0.165 e. The van der Waals surface area contributed by atoms with Crippen LogP contribution in [0.5, 0.6) is 0 Å². The molecule has 0 aromatic heterocycles. The number of allylic oxidation sites excluding steroid dienone is 3. The van der Waals surface area contributed by atoms with E-state index in [4.69, 9.17) is 5.73 Å². The molecule has 1 atom stereocenters. The molecule has 0 fully saturated rings. The van der Waals surface area contributed by atoms with E-state index in [0.717, 1.165) is 0 Å². The highest BCUT2D eigenvalue weighted by Gasteiger charge is 2.21. The Morgan fingerprint density at radius 2 is 1.67 bits per heavy atom. The molecule has 0 radical (unpaired) electrons. The van der Waals surface area contributed by atoms with Crippen molar-refractivity contribution in [3.63, 3.8) is 0 Å². The van der Waals surface area contributed by atoms with Gasteiger partial charge in [-0.15, -0.1) is 0 Å². The molecule has 0 amide bonds. The summed E-state index contributed by atoms with van der Waals surface area (Å²) < 4.78 is 51.6. The molecule has 0 aliphatic carbocycles. The molecule has 0 rings (SSSR count). The van der Waals surface area contributed by atoms with Gasteiger partial charge in [-0.05, 0) is 13.3 Å². The minimum atomic E-state index is -1.55. The lowest BCUT2D eigenvalue weighted by Crippen LogP contribution is -2.20. The Bertz CT molecular complexity index is 315. The second-order valence-electron chi connectivity index (χ2n) is 2.99. The van der Waals surface area contributed by atoms with Gasteiger partial charge in [0.1, 0.15) is 5.83 Å². The second-order valence-corrected chi connectivity index (χ2v) is 2.99. The van der Waals surface area contributed by atoms with Gasteiger partial charge in [-0.1, -0.05) is 13.5 Å². The van der Waals surface area contributed by atoms with Crippen LogP contribution in [0.2, 0.25) is 0 Å². The van der Waals surface area contributed by atoms with Crippen molar-refractivity contribution in [2.24, 2.45) is 5.73 Å². The van der Waals surface area contributed by atoms with E-state index >= 15 is 0 Å². The summed E-state index contributed by atoms with van der Waals surface area (Å²) in [5.41, 5.74) is 4.39. The molecule has 0 heterocycles. The molecule has 0 aromatic carbocycles. The van der Waals surface area contributed by atoms with E-state index in [2.05, 4.69) is 6.58 Å². The predicted octanol–water partition coefficient (Wildman–Crippen LogP) is 3.60. The first kappa shape index (κ1) is 13.9. The van der Waals surface area contributed by atoms with Gasteiger partial charge in [-0.3, -0.25) is 0 Å². The van der Waals surface area contributed by atoms with Crippen LogP contribution in [0, 0.1) is 0 Å². The average molecular weight is 223 g/mol. The van der Waals surface area contributed by atoms with E-state index in [-0.39, 0.29) is 6.42 Å². The summed E-state index contributed by atoms with van der Waals surface area (Å²) in [5, 5.41) is 0. The van der Waals surface area contributed by atoms with Crippen LogP contribution in [0.15, 0.2) is 35.5 Å². The van der Waals surface area contributed by atoms with Crippen molar-refractivity contribution in [2.75, 3.05) is 0 Å². The lowest BCUT2D eigenvalue weighted by molar-refractivity contribution is 0.490. The summed E-state index contributed by atoms with van der Waals surface area (Å²) in [7, 11) is 0. The van der Waals surface area contributed by atoms with Crippen LogP contribution >= 0.6 is 0 Å². The quantitative estimate of drug-likeness (QED) is 0.572. The van der Waals surface area contributed by atoms with Crippen LogP contribution in [0.3, 0.4) is 0 Å². The molecule has 0 bridgehead atoms. The van der Waals surface area contributed by atoms with E-state index < -0.39 is 34.9 Å². The first-order valence-electron chi connectivity index (χ1n) is 4.37. The maximum Gasteiger partial charge on any atom is 0.165 e. The number of nitrogens with two attached hydrogens (primary N) is 1. The van der Waals surface area contributed by atoms with Crippen LogP contribution in [0.1, 0.15) is 20.3 Å². The van der Waals surface area contributed by atoms with Gasteiger partial charge in [0, 0.05) is 11.6 Å². The minimum Gasteiger partial charge on any atom is -0.324 e. The number of hydrogen-bond acceptors (Lipinski definition) is 1. The van der Waals surface area contributed by atoms with Crippen LogP contribution in [0.25, 0.3) is 0 Å². The fraction of sp³-hybridized carbons (Fsp3) is 0.400. The van der Waals surface area contributed by atoms with Crippen molar-refractivity contribution in [2.45, 2.75) is 26.3 Å². The monoisotopic (exact) mass is 223 g/mol. The molecule has 0 saturated heterocycles. The van der Waals surface area contributed by atoms with Gasteiger partial charge in [-0.25, -0.2) is 17.6 Å². The third-order valence-electron chi connectivity index (χ3n) is 1.72. The third-order valence-corrected chi connectivity index (χ3v) is 1.72. The minimum absolute atomic E-state index is 0.256. The highest BCUT2D eigenvalue weighted by atomic mass is 19.2. The fourth-order valence-electron chi connectivity index (χ4n) is 0.944. The first-order valence-corrected chi connectivity index (χ1v) is 4.37. The van der Waals surface area contributed by atoms with Gasteiger partial charge in [-0.2, -0.15) is 0 Å². The zero-order valence-corrected chi connectivity index (χ0v) is 8.58. The Hall–Kier alpha value is -1.10. The van der Waals surface area contributed by atoms with Crippen molar-refractivity contribution >= 4 is 0 Å². The van der Waals surface area contributed by atoms with Crippen molar-refractivity contribution in [1.82, 2.24) is 0 Å². The Kier molecular flexibility index (Phi) is 5.28. The summed E-state index contributed by atoms with van der Waals surface area (Å²) in [4.78, 5) is 0. The molecule has 2 N–H and O–H groups in total. The molecular formula is C10H13F4N. The SMILES string of the molecule is C=C(F)/C(F)=C(\C(F)=C(\F)CC)C(C)N. The van der Waals surface area contributed by atoms with Crippen LogP contribution in [-0.2, 0) is 0 Å². The standard InChI is InChI=1S/C10H13F4N/c1-4-7(12)10(14)8(6(3)15)9(13)5(2)11/h6H,2,4,15H2,1,3H3/b9-8+,10-7-. The highest BCUT2D eigenvalue weighted by Crippen LogP contribution is 2.28. The van der Waals surface area contributed by atoms with E-state index in [1.54, 1.807) is 0 Å². The van der Waals surface area contributed by atoms with Gasteiger partial charge in [0.05, 0.1) is 0 Å². The van der Waals surface area contributed by atoms with Gasteiger partial charge in [0.2, 0.25) is 0 Å². The molecule has 0 aliphatic rings. The summed E-state index contributed by atoms with van der Waals surface area (Å²) in [6.07, 6.45) is -0.256. The average Bonchev–Trinajstić information content (AvgIpc) is 2.15. The van der Waals surface area contributed by atoms with E-state index in [0.29, 0.717) is 0 Å². The number of hydrogen-bond donors (Lipinski definition) is 1. The maximum absolute atomic E-state index is 13.2. The Morgan fingerprint density at radius 1 is 1.20 bits per heavy atom. The summed E-state index contributed by atoms with van der Waals surface area (Å²) in [6.45, 7) is 5.22. The molecule has 1 nitrogen and oxygen atoms in total. The zero-order valence-electron chi connectivity index (χ0n) is 8.58. The molecule has 1 unspecified atom stereocenters. The van der Waals surface area contributed by atoms with E-state index in [1.807, 2.05) is 0 Å². The van der Waals surface area contributed by atoms with Crippen LogP contribution in [-0.4, -0.2) is 6.04 Å². The van der Waals surface area contributed by atoms with Crippen molar-refractivity contribution in [1.29, 1.82) is 0 Å². The molecule has 5 heteroatoms. The first-order chi connectivity index (χ1) is 6.82. The van der Waals surface area contributed by atoms with Gasteiger partial charge in [0.25, 0.3) is 0 Å². The van der Waals surface area contributed by atoms with E-state index in [1.165, 1.54) is 13.8 Å². The van der Waals surface area contributed by atoms with Crippen LogP contribution in [0.4, 0.5) is 17.6 Å². The number of rotatable bonds is 4. The molecule has 0 spiro atoms. The number of halogens is 4. The van der Waals surface area contributed by atoms with E-state index in [9.17, 15) is 17.6 Å². The molecule has 15 heavy (non-hydrogen) atoms. The summed E-state index contributed by atoms with van der Waals surface area (Å²) in [6, 6.07) is -1.16. The Balaban J connectivity index is 5.55. The normalized spacial score (nSPS) is 16.7. The van der Waals surface area contributed by atoms with Crippen LogP contribution < -0.4 is 5.73 Å². The second kappa shape index (κ2) is 5.70. The molecule has 86 valence electrons. The molecule has 0 aliphatic heterocycles. The largest absolute Gasteiger partial charge is 0.324 e. The Morgan fingerprint density at radius 3 is 1.93 bits per heavy atom. The zero-order chi connectivity index (χ0) is 12.2. The molecular weight excluding hydrogens is 210 g/mol. The lowest BCUT2D eigenvalue weighted by atomic mass is 10.1. The van der Waals surface area contributed by atoms with Gasteiger partial charge >= 0.3 is 0 Å². The lowest BCUT2D eigenvalue weighted by Gasteiger charge is -2.11. The van der Waals surface area contributed by atoms with Crippen molar-refractivity contribution in [3.05, 3.63) is 35.5 Å². The highest BCUT2D eigenvalue weighted by molar-refractivity contribution is 5.39. The topological polar surface area (TPSA) is 26.0 Å². The van der Waals surface area contributed by atoms with Gasteiger partial charge < -0.3 is 5.73 Å². The Labute approximate surface area is 86.0 Å². The molecule has 0 saturated carbocycles. The predicted molar refractivity (Wildman–Crippen MR) is 51.6 cm³/mol. The summed E-state index contributed by atoms with van der Waals surface area (Å²) >= 11 is 0. The van der Waals surface area contributed by atoms with Gasteiger partial charge in [0.15, 0.2) is 17.5 Å². The third kappa shape index (κ3) is 3.51. The van der Waals surface area contributed by atoms with Crippen molar-refractivity contribution < 1.29 is 17.6 Å². The maximum atomic E-state index is 13.2. The molecule has 0 aromatic rings. The summed E-state index contributed by atoms with van der Waals surface area (Å²) in [5.74, 6) is -5.64.